The number of benzene rings is 3. The second kappa shape index (κ2) is 11.0. The van der Waals surface area contributed by atoms with Crippen molar-refractivity contribution >= 4 is 26.6 Å². The van der Waals surface area contributed by atoms with Gasteiger partial charge in [0.05, 0.1) is 28.6 Å². The van der Waals surface area contributed by atoms with E-state index in [2.05, 4.69) is 10.3 Å². The van der Waals surface area contributed by atoms with Crippen molar-refractivity contribution in [2.75, 3.05) is 20.0 Å². The Labute approximate surface area is 223 Å². The Morgan fingerprint density at radius 3 is 2.36 bits per heavy atom. The number of sulfone groups is 1. The van der Waals surface area contributed by atoms with Gasteiger partial charge in [0.1, 0.15) is 11.4 Å². The van der Waals surface area contributed by atoms with Gasteiger partial charge in [-0.3, -0.25) is 4.79 Å². The van der Waals surface area contributed by atoms with Crippen molar-refractivity contribution in [2.24, 2.45) is 0 Å². The lowest BCUT2D eigenvalue weighted by Gasteiger charge is -2.18. The third kappa shape index (κ3) is 6.73. The number of phenolic OH excluding ortho intramolecular Hbond substituents is 1. The van der Waals surface area contributed by atoms with Gasteiger partial charge in [0.25, 0.3) is 5.91 Å². The second-order valence-corrected chi connectivity index (χ2v) is 11.1. The zero-order chi connectivity index (χ0) is 28.4. The van der Waals surface area contributed by atoms with E-state index >= 15 is 0 Å². The maximum Gasteiger partial charge on any atom is 0.416 e. The molecule has 3 aromatic carbocycles. The number of nitrogens with zero attached hydrogens (tertiary/aromatic N) is 1. The number of ether oxygens (including phenoxy) is 1. The first-order valence-electron chi connectivity index (χ1n) is 11.8. The Morgan fingerprint density at radius 2 is 1.72 bits per heavy atom. The molecule has 11 heteroatoms. The highest BCUT2D eigenvalue weighted by molar-refractivity contribution is 7.91. The number of aromatic hydroxyl groups is 1. The van der Waals surface area contributed by atoms with E-state index in [1.54, 1.807) is 12.1 Å². The Hall–Kier alpha value is -3.96. The number of fused-ring (bicyclic) bond motifs is 1. The lowest BCUT2D eigenvalue weighted by atomic mass is 10.0. The summed E-state index contributed by atoms with van der Waals surface area (Å²) in [6.07, 6.45) is -3.16. The molecule has 0 fully saturated rings. The monoisotopic (exact) mass is 558 g/mol. The molecular formula is C28H25F3N2O5S. The number of rotatable bonds is 8. The first-order valence-corrected chi connectivity index (χ1v) is 13.6. The normalized spacial score (nSPS) is 12.8. The molecule has 2 N–H and O–H groups in total. The van der Waals surface area contributed by atoms with E-state index in [0.717, 1.165) is 30.0 Å². The van der Waals surface area contributed by atoms with Crippen LogP contribution in [-0.2, 0) is 27.2 Å². The average Bonchev–Trinajstić information content (AvgIpc) is 2.88. The van der Waals surface area contributed by atoms with Crippen LogP contribution in [0.25, 0.3) is 22.0 Å². The molecule has 39 heavy (non-hydrogen) atoms. The zero-order valence-electron chi connectivity index (χ0n) is 21.0. The van der Waals surface area contributed by atoms with Crippen molar-refractivity contribution in [1.29, 1.82) is 0 Å². The minimum atomic E-state index is -4.53. The van der Waals surface area contributed by atoms with Crippen LogP contribution in [0.3, 0.4) is 0 Å². The molecule has 0 saturated heterocycles. The van der Waals surface area contributed by atoms with Gasteiger partial charge in [-0.1, -0.05) is 30.3 Å². The van der Waals surface area contributed by atoms with E-state index in [1.807, 2.05) is 0 Å². The van der Waals surface area contributed by atoms with Crippen molar-refractivity contribution in [3.63, 3.8) is 0 Å². The Bertz CT molecular complexity index is 1620. The summed E-state index contributed by atoms with van der Waals surface area (Å²) in [5.41, 5.74) is 0.686. The third-order valence-corrected chi connectivity index (χ3v) is 7.18. The summed E-state index contributed by atoms with van der Waals surface area (Å²) in [7, 11) is -2.38. The highest BCUT2D eigenvalue weighted by Crippen LogP contribution is 2.34. The van der Waals surface area contributed by atoms with Crippen molar-refractivity contribution in [2.45, 2.75) is 23.5 Å². The van der Waals surface area contributed by atoms with Crippen LogP contribution >= 0.6 is 0 Å². The number of aromatic nitrogens is 1. The van der Waals surface area contributed by atoms with E-state index in [9.17, 15) is 31.5 Å². The number of pyridine rings is 1. The number of amides is 1. The van der Waals surface area contributed by atoms with Gasteiger partial charge in [0.2, 0.25) is 0 Å². The highest BCUT2D eigenvalue weighted by Gasteiger charge is 2.30. The van der Waals surface area contributed by atoms with Gasteiger partial charge in [-0.2, -0.15) is 13.2 Å². The summed E-state index contributed by atoms with van der Waals surface area (Å²) in [5, 5.41) is 12.5. The molecule has 7 nitrogen and oxygen atoms in total. The predicted molar refractivity (Wildman–Crippen MR) is 140 cm³/mol. The maximum absolute atomic E-state index is 13.2. The molecule has 0 saturated carbocycles. The minimum absolute atomic E-state index is 0.107. The number of carbonyl (C=O) groups excluding carboxylic acids is 1. The van der Waals surface area contributed by atoms with E-state index in [1.165, 1.54) is 49.6 Å². The smallest absolute Gasteiger partial charge is 0.416 e. The van der Waals surface area contributed by atoms with Crippen LogP contribution in [0, 0.1) is 0 Å². The fourth-order valence-corrected chi connectivity index (χ4v) is 5.09. The lowest BCUT2D eigenvalue weighted by Crippen LogP contribution is -2.40. The summed E-state index contributed by atoms with van der Waals surface area (Å²) >= 11 is 0. The van der Waals surface area contributed by atoms with E-state index in [4.69, 9.17) is 4.74 Å². The van der Waals surface area contributed by atoms with Crippen LogP contribution in [0.2, 0.25) is 0 Å². The topological polar surface area (TPSA) is 106 Å². The maximum atomic E-state index is 13.2. The fraction of sp³-hybridized carbons (Fsp3) is 0.214. The van der Waals surface area contributed by atoms with E-state index < -0.39 is 33.5 Å². The van der Waals surface area contributed by atoms with Gasteiger partial charge in [0.15, 0.2) is 9.84 Å². The van der Waals surface area contributed by atoms with Crippen LogP contribution in [-0.4, -0.2) is 50.4 Å². The molecule has 0 aliphatic rings. The number of carbonyl (C=O) groups is 1. The quantitative estimate of drug-likeness (QED) is 0.315. The van der Waals surface area contributed by atoms with Crippen LogP contribution in [0.4, 0.5) is 13.2 Å². The van der Waals surface area contributed by atoms with E-state index in [-0.39, 0.29) is 39.4 Å². The molecule has 0 spiro atoms. The molecule has 0 aliphatic carbocycles. The first kappa shape index (κ1) is 28.1. The van der Waals surface area contributed by atoms with Gasteiger partial charge >= 0.3 is 6.18 Å². The van der Waals surface area contributed by atoms with Gasteiger partial charge in [-0.15, -0.1) is 0 Å². The van der Waals surface area contributed by atoms with Gasteiger partial charge in [0, 0.05) is 18.8 Å². The zero-order valence-corrected chi connectivity index (χ0v) is 21.8. The summed E-state index contributed by atoms with van der Waals surface area (Å²) in [6, 6.07) is 16.3. The Balaban J connectivity index is 1.70. The number of alkyl halides is 3. The number of phenols is 1. The number of hydrogen-bond acceptors (Lipinski definition) is 6. The SMILES string of the molecule is COC[C@H](Cc1ccc(O)cc1)NC(=O)c1cc(S(C)(=O)=O)c2cc(-c3cccc(C(F)(F)F)c3)ccc2n1. The summed E-state index contributed by atoms with van der Waals surface area (Å²) < 4.78 is 70.2. The van der Waals surface area contributed by atoms with E-state index in [0.29, 0.717) is 12.0 Å². The molecule has 4 rings (SSSR count). The molecular weight excluding hydrogens is 533 g/mol. The van der Waals surface area contributed by atoms with Crippen LogP contribution in [0.15, 0.2) is 77.7 Å². The average molecular weight is 559 g/mol. The largest absolute Gasteiger partial charge is 0.508 e. The molecule has 1 aromatic heterocycles. The second-order valence-electron chi connectivity index (χ2n) is 9.08. The summed E-state index contributed by atoms with van der Waals surface area (Å²) in [5.74, 6) is -0.513. The van der Waals surface area contributed by atoms with Gasteiger partial charge in [-0.05, 0) is 65.6 Å². The minimum Gasteiger partial charge on any atom is -0.508 e. The van der Waals surface area contributed by atoms with Crippen molar-refractivity contribution in [3.05, 3.63) is 89.6 Å². The Kier molecular flexibility index (Phi) is 7.94. The summed E-state index contributed by atoms with van der Waals surface area (Å²) in [4.78, 5) is 17.3. The van der Waals surface area contributed by atoms with Crippen molar-refractivity contribution < 1.29 is 36.2 Å². The van der Waals surface area contributed by atoms with Crippen LogP contribution < -0.4 is 5.32 Å². The molecule has 4 aromatic rings. The molecule has 1 heterocycles. The molecule has 0 bridgehead atoms. The van der Waals surface area contributed by atoms with Crippen LogP contribution in [0.1, 0.15) is 21.6 Å². The number of halogens is 3. The molecule has 0 unspecified atom stereocenters. The molecule has 204 valence electrons. The van der Waals surface area contributed by atoms with Crippen molar-refractivity contribution in [3.8, 4) is 16.9 Å². The Morgan fingerprint density at radius 1 is 1.03 bits per heavy atom. The number of hydrogen-bond donors (Lipinski definition) is 2. The van der Waals surface area contributed by atoms with Crippen molar-refractivity contribution in [1.82, 2.24) is 10.3 Å². The van der Waals surface area contributed by atoms with Gasteiger partial charge < -0.3 is 15.2 Å². The fourth-order valence-electron chi connectivity index (χ4n) is 4.20. The molecule has 1 amide bonds. The van der Waals surface area contributed by atoms with Gasteiger partial charge in [-0.25, -0.2) is 13.4 Å². The molecule has 0 radical (unpaired) electrons. The highest BCUT2D eigenvalue weighted by atomic mass is 32.2. The van der Waals surface area contributed by atoms with Crippen LogP contribution in [0.5, 0.6) is 5.75 Å². The predicted octanol–water partition coefficient (Wildman–Crippen LogP) is 5.02. The third-order valence-electron chi connectivity index (χ3n) is 6.05. The number of nitrogens with one attached hydrogen (secondary N) is 1. The molecule has 1 atom stereocenters. The lowest BCUT2D eigenvalue weighted by molar-refractivity contribution is -0.137. The number of methoxy groups -OCH3 is 1. The standard InChI is InChI=1S/C28H25F3N2O5S/c1-38-16-21(12-17-6-9-22(34)10-7-17)32-27(35)25-15-26(39(2,36)37)23-14-19(8-11-24(23)33-25)18-4-3-5-20(13-18)28(29,30)31/h3-11,13-15,21,34H,12,16H2,1-2H3,(H,32,35)/t21-/m0/s1. The molecule has 0 aliphatic heterocycles. The first-order chi connectivity index (χ1) is 18.3. The summed E-state index contributed by atoms with van der Waals surface area (Å²) in [6.45, 7) is 0.166.